The van der Waals surface area contributed by atoms with Gasteiger partial charge in [0, 0.05) is 60.9 Å². The second-order valence-corrected chi connectivity index (χ2v) is 12.8. The van der Waals surface area contributed by atoms with E-state index in [2.05, 4.69) is 10.2 Å². The number of rotatable bonds is 10. The summed E-state index contributed by atoms with van der Waals surface area (Å²) in [7, 11) is 1.76. The first-order chi connectivity index (χ1) is 20.5. The van der Waals surface area contributed by atoms with Gasteiger partial charge in [-0.05, 0) is 78.1 Å². The zero-order chi connectivity index (χ0) is 30.9. The third kappa shape index (κ3) is 6.51. The average molecular weight is 611 g/mol. The Kier molecular flexibility index (Phi) is 9.29. The van der Waals surface area contributed by atoms with E-state index < -0.39 is 6.10 Å². The van der Waals surface area contributed by atoms with Crippen LogP contribution in [-0.2, 0) is 9.59 Å². The Bertz CT molecular complexity index is 1400. The molecule has 1 atom stereocenters. The van der Waals surface area contributed by atoms with Crippen LogP contribution in [0.15, 0.2) is 23.9 Å². The summed E-state index contributed by atoms with van der Waals surface area (Å²) >= 11 is 6.67. The largest absolute Gasteiger partial charge is 0.491 e. The topological polar surface area (TPSA) is 134 Å². The van der Waals surface area contributed by atoms with Gasteiger partial charge >= 0.3 is 0 Å². The predicted octanol–water partition coefficient (Wildman–Crippen LogP) is 3.57. The molecule has 4 N–H and O–H groups in total. The van der Waals surface area contributed by atoms with Crippen LogP contribution in [0.5, 0.6) is 5.75 Å². The number of amides is 1. The lowest BCUT2D eigenvalue weighted by molar-refractivity contribution is -0.141. The van der Waals surface area contributed by atoms with Gasteiger partial charge in [-0.25, -0.2) is 9.97 Å². The van der Waals surface area contributed by atoms with Gasteiger partial charge in [-0.1, -0.05) is 11.6 Å². The van der Waals surface area contributed by atoms with Crippen LogP contribution in [0.25, 0.3) is 17.0 Å². The Morgan fingerprint density at radius 2 is 1.91 bits per heavy atom. The first-order valence-corrected chi connectivity index (χ1v) is 15.5. The number of halogens is 1. The number of benzene rings is 1. The number of aliphatic hydroxyl groups excluding tert-OH is 1. The monoisotopic (exact) mass is 610 g/mol. The first-order valence-electron chi connectivity index (χ1n) is 15.2. The van der Waals surface area contributed by atoms with E-state index in [1.165, 1.54) is 6.92 Å². The van der Waals surface area contributed by atoms with Gasteiger partial charge < -0.3 is 30.7 Å². The predicted molar refractivity (Wildman–Crippen MR) is 168 cm³/mol. The summed E-state index contributed by atoms with van der Waals surface area (Å²) < 4.78 is 5.83. The maximum atomic E-state index is 12.8. The Balaban J connectivity index is 1.43. The number of carbonyl (C=O) groups excluding carboxylic acids is 2. The van der Waals surface area contributed by atoms with Crippen LogP contribution in [0.2, 0.25) is 5.02 Å². The highest BCUT2D eigenvalue weighted by atomic mass is 35.5. The van der Waals surface area contributed by atoms with Gasteiger partial charge in [-0.15, -0.1) is 0 Å². The van der Waals surface area contributed by atoms with Crippen LogP contribution in [-0.4, -0.2) is 84.1 Å². The number of ether oxygens (including phenoxy) is 1. The number of hydrogen-bond donors (Lipinski definition) is 3. The van der Waals surface area contributed by atoms with Crippen molar-refractivity contribution in [3.05, 3.63) is 40.2 Å². The van der Waals surface area contributed by atoms with E-state index in [0.717, 1.165) is 69.7 Å². The van der Waals surface area contributed by atoms with Crippen molar-refractivity contribution < 1.29 is 19.4 Å². The van der Waals surface area contributed by atoms with Crippen molar-refractivity contribution in [3.8, 4) is 17.1 Å². The van der Waals surface area contributed by atoms with E-state index in [1.807, 2.05) is 11.8 Å². The van der Waals surface area contributed by atoms with Gasteiger partial charge in [0.05, 0.1) is 16.3 Å². The van der Waals surface area contributed by atoms with Crippen molar-refractivity contribution in [2.45, 2.75) is 59.0 Å². The Morgan fingerprint density at radius 1 is 1.21 bits per heavy atom. The van der Waals surface area contributed by atoms with E-state index in [1.54, 1.807) is 32.2 Å². The van der Waals surface area contributed by atoms with Gasteiger partial charge in [0.25, 0.3) is 0 Å². The molecular weight excluding hydrogens is 568 g/mol. The van der Waals surface area contributed by atoms with Gasteiger partial charge in [-0.3, -0.25) is 9.59 Å². The molecule has 10 nitrogen and oxygen atoms in total. The fraction of sp³-hybridized carbons (Fsp3) is 0.562. The fourth-order valence-corrected chi connectivity index (χ4v) is 6.76. The standard InChI is InChI=1S/C32H43ClN6O4/c1-19-28(27(20(2)34)21(3)40)36-29(25-14-24(6-7-26(25)33)43-16-23(41)15-35-4)37-30(19)39-17-32(18-39)10-8-22(9-11-32)31(42)38-12-5-13-38/h6-7,14,22-23,35,41H,5,8-13,15-18,34H2,1-4H3/t23-/m1/s1. The van der Waals surface area contributed by atoms with E-state index in [0.29, 0.717) is 51.6 Å². The Hall–Kier alpha value is -3.21. The summed E-state index contributed by atoms with van der Waals surface area (Å²) in [6.45, 7) is 9.10. The minimum Gasteiger partial charge on any atom is -0.491 e. The van der Waals surface area contributed by atoms with Crippen LogP contribution < -0.4 is 20.7 Å². The third-order valence-electron chi connectivity index (χ3n) is 9.08. The van der Waals surface area contributed by atoms with Gasteiger partial charge in [0.1, 0.15) is 24.3 Å². The van der Waals surface area contributed by atoms with Crippen molar-refractivity contribution >= 4 is 34.7 Å². The number of nitrogens with one attached hydrogen (secondary N) is 1. The summed E-state index contributed by atoms with van der Waals surface area (Å²) in [6.07, 6.45) is 4.34. The molecule has 1 spiro atoms. The van der Waals surface area contributed by atoms with Crippen LogP contribution >= 0.6 is 11.6 Å². The number of likely N-dealkylation sites (N-methyl/N-ethyl adjacent to an activating group) is 1. The van der Waals surface area contributed by atoms with Crippen LogP contribution in [0.1, 0.15) is 57.2 Å². The summed E-state index contributed by atoms with van der Waals surface area (Å²) in [5, 5.41) is 13.4. The number of Topliss-reactive ketones (excluding diaryl/α,β-unsaturated/α-hetero) is 1. The molecule has 3 heterocycles. The number of hydrogen-bond acceptors (Lipinski definition) is 9. The van der Waals surface area contributed by atoms with Crippen molar-refractivity contribution in [2.24, 2.45) is 17.1 Å². The smallest absolute Gasteiger partial charge is 0.225 e. The molecule has 0 radical (unpaired) electrons. The number of anilines is 1. The van der Waals surface area contributed by atoms with Crippen molar-refractivity contribution in [1.82, 2.24) is 20.2 Å². The molecule has 5 rings (SSSR count). The minimum absolute atomic E-state index is 0.108. The number of aliphatic hydroxyl groups is 1. The highest BCUT2D eigenvalue weighted by molar-refractivity contribution is 6.33. The number of aromatic nitrogens is 2. The number of likely N-dealkylation sites (tertiary alicyclic amines) is 1. The van der Waals surface area contributed by atoms with Crippen LogP contribution in [0.3, 0.4) is 0 Å². The van der Waals surface area contributed by atoms with E-state index in [4.69, 9.17) is 32.0 Å². The first kappa shape index (κ1) is 31.2. The Labute approximate surface area is 258 Å². The molecule has 11 heteroatoms. The molecule has 3 fully saturated rings. The minimum atomic E-state index is -0.670. The van der Waals surface area contributed by atoms with E-state index in [9.17, 15) is 14.7 Å². The van der Waals surface area contributed by atoms with Gasteiger partial charge in [0.15, 0.2) is 11.6 Å². The average Bonchev–Trinajstić information content (AvgIpc) is 2.91. The van der Waals surface area contributed by atoms with E-state index in [-0.39, 0.29) is 23.7 Å². The molecular formula is C32H43ClN6O4. The highest BCUT2D eigenvalue weighted by Gasteiger charge is 2.48. The number of nitrogens with zero attached hydrogens (tertiary/aromatic N) is 4. The van der Waals surface area contributed by atoms with Crippen LogP contribution in [0.4, 0.5) is 5.82 Å². The Morgan fingerprint density at radius 3 is 2.49 bits per heavy atom. The number of ketones is 1. The molecule has 43 heavy (non-hydrogen) atoms. The van der Waals surface area contributed by atoms with Crippen molar-refractivity contribution in [2.75, 3.05) is 51.3 Å². The lowest BCUT2D eigenvalue weighted by atomic mass is 9.65. The number of allylic oxidation sites excluding steroid dienone is 2. The molecule has 3 aliphatic rings. The quantitative estimate of drug-likeness (QED) is 0.345. The van der Waals surface area contributed by atoms with Gasteiger partial charge in [0.2, 0.25) is 5.91 Å². The second kappa shape index (κ2) is 12.8. The normalized spacial score (nSPS) is 19.4. The number of carbonyl (C=O) groups is 2. The zero-order valence-electron chi connectivity index (χ0n) is 25.6. The lowest BCUT2D eigenvalue weighted by Gasteiger charge is -2.54. The molecule has 232 valence electrons. The summed E-state index contributed by atoms with van der Waals surface area (Å²) in [6, 6.07) is 5.21. The molecule has 2 aromatic rings. The summed E-state index contributed by atoms with van der Waals surface area (Å²) in [5.41, 5.74) is 8.95. The molecule has 2 aliphatic heterocycles. The maximum absolute atomic E-state index is 12.8. The molecule has 1 aromatic heterocycles. The molecule has 1 aliphatic carbocycles. The zero-order valence-corrected chi connectivity index (χ0v) is 26.3. The summed E-state index contributed by atoms with van der Waals surface area (Å²) in [4.78, 5) is 39.6. The van der Waals surface area contributed by atoms with Crippen LogP contribution in [0, 0.1) is 18.3 Å². The maximum Gasteiger partial charge on any atom is 0.225 e. The summed E-state index contributed by atoms with van der Waals surface area (Å²) in [5.74, 6) is 1.93. The fourth-order valence-electron chi connectivity index (χ4n) is 6.56. The van der Waals surface area contributed by atoms with Crippen molar-refractivity contribution in [3.63, 3.8) is 0 Å². The van der Waals surface area contributed by atoms with Gasteiger partial charge in [-0.2, -0.15) is 0 Å². The van der Waals surface area contributed by atoms with E-state index >= 15 is 0 Å². The lowest BCUT2D eigenvalue weighted by Crippen LogP contribution is -2.59. The van der Waals surface area contributed by atoms with Crippen molar-refractivity contribution in [1.29, 1.82) is 0 Å². The molecule has 1 amide bonds. The molecule has 2 saturated heterocycles. The number of nitrogens with two attached hydrogens (primary N) is 1. The second-order valence-electron chi connectivity index (χ2n) is 12.4. The SMILES string of the molecule is CNC[C@@H](O)COc1ccc(Cl)c(-c2nc(C(C(C)=O)=C(C)N)c(C)c(N3CC4(CCC(C(=O)N5CCC5)CC4)C3)n2)c1. The molecule has 1 aromatic carbocycles. The third-order valence-corrected chi connectivity index (χ3v) is 9.41. The molecule has 0 unspecified atom stereocenters. The molecule has 0 bridgehead atoms. The molecule has 1 saturated carbocycles. The highest BCUT2D eigenvalue weighted by Crippen LogP contribution is 2.48.